The first kappa shape index (κ1) is 41.9. The Balaban J connectivity index is 1.01. The van der Waals surface area contributed by atoms with Crippen molar-refractivity contribution in [2.75, 3.05) is 7.11 Å². The molecular formula is C47H48O13P2. The Labute approximate surface area is 360 Å². The molecule has 11 atom stereocenters. The van der Waals surface area contributed by atoms with E-state index < -0.39 is 83.2 Å². The van der Waals surface area contributed by atoms with Crippen molar-refractivity contribution >= 4 is 15.6 Å². The van der Waals surface area contributed by atoms with E-state index in [9.17, 15) is 0 Å². The van der Waals surface area contributed by atoms with E-state index in [1.807, 2.05) is 146 Å². The van der Waals surface area contributed by atoms with Crippen LogP contribution >= 0.6 is 15.6 Å². The Morgan fingerprint density at radius 2 is 0.806 bits per heavy atom. The van der Waals surface area contributed by atoms with Gasteiger partial charge < -0.3 is 23.7 Å². The minimum atomic E-state index is -4.49. The van der Waals surface area contributed by atoms with Crippen molar-refractivity contribution in [3.8, 4) is 5.75 Å². The van der Waals surface area contributed by atoms with Gasteiger partial charge in [0, 0.05) is 0 Å². The molecule has 0 N–H and O–H groups in total. The maximum Gasteiger partial charge on any atom is 0.476 e. The fourth-order valence-electron chi connectivity index (χ4n) is 8.88. The first-order valence-electron chi connectivity index (χ1n) is 21.0. The van der Waals surface area contributed by atoms with E-state index >= 15 is 9.13 Å². The van der Waals surface area contributed by atoms with Crippen molar-refractivity contribution in [3.63, 3.8) is 0 Å². The fourth-order valence-corrected chi connectivity index (χ4v) is 12.4. The summed E-state index contributed by atoms with van der Waals surface area (Å²) in [6, 6.07) is 45.7. The summed E-state index contributed by atoms with van der Waals surface area (Å²) >= 11 is 0. The molecular weight excluding hydrogens is 834 g/mol. The molecule has 13 nitrogen and oxygen atoms in total. The van der Waals surface area contributed by atoms with Gasteiger partial charge in [0.15, 0.2) is 0 Å². The minimum Gasteiger partial charge on any atom is -0.497 e. The Morgan fingerprint density at radius 1 is 0.468 bits per heavy atom. The van der Waals surface area contributed by atoms with Gasteiger partial charge in [-0.05, 0) is 65.6 Å². The SMILES string of the molecule is COc1ccc(COC2[C@H]3OC4OC([C@H]3OP3(=O)O[C@@H](c5ccccc5)CC[C@H](c5ccccc5)O3)[C@@H](OP3(=O)O[C@@H](c5ccccc5)CC[C@H](c5ccccc5)O3)[C@H]2O4)cc1. The van der Waals surface area contributed by atoms with Crippen LogP contribution in [0.25, 0.3) is 0 Å². The Kier molecular flexibility index (Phi) is 12.3. The minimum absolute atomic E-state index is 0.123. The summed E-state index contributed by atoms with van der Waals surface area (Å²) in [7, 11) is -7.38. The molecule has 11 rings (SSSR count). The van der Waals surface area contributed by atoms with Crippen LogP contribution < -0.4 is 4.74 Å². The molecule has 5 heterocycles. The second-order valence-corrected chi connectivity index (χ2v) is 19.0. The number of phosphoric acid groups is 2. The highest BCUT2D eigenvalue weighted by atomic mass is 31.2. The second kappa shape index (κ2) is 18.2. The van der Waals surface area contributed by atoms with Crippen molar-refractivity contribution < 1.29 is 60.0 Å². The molecule has 6 fully saturated rings. The van der Waals surface area contributed by atoms with Gasteiger partial charge in [-0.1, -0.05) is 133 Å². The van der Waals surface area contributed by atoms with Crippen molar-refractivity contribution in [2.45, 2.75) is 99.8 Å². The molecule has 62 heavy (non-hydrogen) atoms. The van der Waals surface area contributed by atoms with E-state index in [0.29, 0.717) is 31.4 Å². The fraction of sp³-hybridized carbons (Fsp3) is 0.362. The number of rotatable bonds is 12. The van der Waals surface area contributed by atoms with Crippen molar-refractivity contribution in [1.82, 2.24) is 0 Å². The lowest BCUT2D eigenvalue weighted by atomic mass is 9.82. The van der Waals surface area contributed by atoms with Crippen molar-refractivity contribution in [2.24, 2.45) is 0 Å². The normalized spacial score (nSPS) is 32.4. The summed E-state index contributed by atoms with van der Waals surface area (Å²) in [5.41, 5.74) is 4.13. The third kappa shape index (κ3) is 9.01. The van der Waals surface area contributed by atoms with Crippen LogP contribution in [0.2, 0.25) is 0 Å². The van der Waals surface area contributed by atoms with E-state index in [2.05, 4.69) is 0 Å². The number of benzene rings is 5. The zero-order valence-electron chi connectivity index (χ0n) is 33.9. The third-order valence-electron chi connectivity index (χ3n) is 11.9. The van der Waals surface area contributed by atoms with Crippen LogP contribution in [0.1, 0.15) is 77.9 Å². The van der Waals surface area contributed by atoms with Crippen LogP contribution in [0.4, 0.5) is 0 Å². The number of ether oxygens (including phenoxy) is 5. The summed E-state index contributed by atoms with van der Waals surface area (Å²) in [6.45, 7) is -1.02. The Morgan fingerprint density at radius 3 is 1.15 bits per heavy atom. The van der Waals surface area contributed by atoms with E-state index in [4.69, 9.17) is 50.8 Å². The summed E-state index contributed by atoms with van der Waals surface area (Å²) in [4.78, 5) is 0. The van der Waals surface area contributed by atoms with Crippen molar-refractivity contribution in [1.29, 1.82) is 0 Å². The first-order chi connectivity index (χ1) is 30.3. The van der Waals surface area contributed by atoms with Crippen molar-refractivity contribution in [3.05, 3.63) is 173 Å². The standard InChI is InChI=1S/C47H48O13P2/c1-50-36-24-22-31(23-25-36)30-51-41-42-45(59-61(48)55-37(32-14-6-2-7-15-32)26-27-38(56-61)33-16-8-3-9-17-33)44-46(43(41)53-47(52-42)54-44)60-62(49)57-39(34-18-10-4-11-19-34)28-29-40(58-62)35-20-12-5-13-21-35/h2-25,37-47H,26-30H2,1H3/t37-,38-,39-,40-,41?,42-,43+,44?,45+,46+,47?/m1/s1. The Bertz CT molecular complexity index is 2100. The van der Waals surface area contributed by atoms with Gasteiger partial charge in [0.25, 0.3) is 6.48 Å². The highest BCUT2D eigenvalue weighted by molar-refractivity contribution is 7.48. The molecule has 5 aliphatic heterocycles. The number of methoxy groups -OCH3 is 1. The van der Waals surface area contributed by atoms with E-state index in [-0.39, 0.29) is 6.61 Å². The molecule has 1 aliphatic carbocycles. The van der Waals surface area contributed by atoms with E-state index in [1.165, 1.54) is 0 Å². The molecule has 1 saturated carbocycles. The van der Waals surface area contributed by atoms with E-state index in [1.54, 1.807) is 7.11 Å². The molecule has 0 spiro atoms. The molecule has 5 saturated heterocycles. The molecule has 324 valence electrons. The summed E-state index contributed by atoms with van der Waals surface area (Å²) < 4.78 is 101. The van der Waals surface area contributed by atoms with Gasteiger partial charge in [0.1, 0.15) is 42.4 Å². The average Bonchev–Trinajstić information content (AvgIpc) is 3.61. The average molecular weight is 883 g/mol. The van der Waals surface area contributed by atoms with Gasteiger partial charge in [0.05, 0.1) is 38.1 Å². The second-order valence-electron chi connectivity index (χ2n) is 15.9. The predicted octanol–water partition coefficient (Wildman–Crippen LogP) is 10.7. The lowest BCUT2D eigenvalue weighted by Crippen LogP contribution is -2.76. The molecule has 6 aliphatic rings. The van der Waals surface area contributed by atoms with Crippen LogP contribution in [0.5, 0.6) is 5.75 Å². The molecule has 5 aromatic rings. The largest absolute Gasteiger partial charge is 0.497 e. The van der Waals surface area contributed by atoms with Gasteiger partial charge in [-0.3, -0.25) is 27.1 Å². The summed E-state index contributed by atoms with van der Waals surface area (Å²) in [5, 5.41) is 0. The van der Waals surface area contributed by atoms with Gasteiger partial charge in [-0.25, -0.2) is 9.13 Å². The molecule has 4 bridgehead atoms. The van der Waals surface area contributed by atoms with Crippen LogP contribution in [0.3, 0.4) is 0 Å². The lowest BCUT2D eigenvalue weighted by Gasteiger charge is -2.58. The number of hydrogen-bond acceptors (Lipinski definition) is 13. The van der Waals surface area contributed by atoms with Crippen LogP contribution in [0.15, 0.2) is 146 Å². The topological polar surface area (TPSA) is 136 Å². The van der Waals surface area contributed by atoms with Crippen LogP contribution in [0, 0.1) is 0 Å². The highest BCUT2D eigenvalue weighted by Gasteiger charge is 2.67. The molecule has 0 radical (unpaired) electrons. The number of hydrogen-bond donors (Lipinski definition) is 0. The maximum absolute atomic E-state index is 15.4. The first-order valence-corrected chi connectivity index (χ1v) is 24.0. The molecule has 0 amide bonds. The van der Waals surface area contributed by atoms with Crippen LogP contribution in [-0.2, 0) is 61.8 Å². The quantitative estimate of drug-likeness (QED) is 0.110. The van der Waals surface area contributed by atoms with Gasteiger partial charge in [-0.2, -0.15) is 0 Å². The summed E-state index contributed by atoms with van der Waals surface area (Å²) in [6.07, 6.45) is -6.68. The molecule has 5 aromatic carbocycles. The van der Waals surface area contributed by atoms with Gasteiger partial charge >= 0.3 is 15.6 Å². The predicted molar refractivity (Wildman–Crippen MR) is 224 cm³/mol. The van der Waals surface area contributed by atoms with Gasteiger partial charge in [-0.15, -0.1) is 0 Å². The molecule has 15 heteroatoms. The zero-order chi connectivity index (χ0) is 42.1. The Hall–Kier alpha value is -4.04. The lowest BCUT2D eigenvalue weighted by molar-refractivity contribution is -0.481. The molecule has 3 unspecified atom stereocenters. The number of phosphoric ester groups is 2. The smallest absolute Gasteiger partial charge is 0.476 e. The maximum atomic E-state index is 15.4. The summed E-state index contributed by atoms with van der Waals surface area (Å²) in [5.74, 6) is 0.695. The monoisotopic (exact) mass is 882 g/mol. The van der Waals surface area contributed by atoms with E-state index in [0.717, 1.165) is 27.8 Å². The highest BCUT2D eigenvalue weighted by Crippen LogP contribution is 2.65. The van der Waals surface area contributed by atoms with Gasteiger partial charge in [0.2, 0.25) is 0 Å². The zero-order valence-corrected chi connectivity index (χ0v) is 35.7. The van der Waals surface area contributed by atoms with Crippen LogP contribution in [-0.4, -0.2) is 50.2 Å². The third-order valence-corrected chi connectivity index (χ3v) is 15.0. The molecule has 0 aromatic heterocycles.